The van der Waals surface area contributed by atoms with Crippen LogP contribution in [0.1, 0.15) is 31.2 Å². The third kappa shape index (κ3) is 4.25. The van der Waals surface area contributed by atoms with Crippen LogP contribution in [0.4, 0.5) is 5.69 Å². The van der Waals surface area contributed by atoms with E-state index in [1.807, 2.05) is 54.6 Å². The summed E-state index contributed by atoms with van der Waals surface area (Å²) < 4.78 is 0. The second kappa shape index (κ2) is 7.87. The van der Waals surface area contributed by atoms with E-state index in [0.29, 0.717) is 10.8 Å². The number of halogens is 1. The van der Waals surface area contributed by atoms with E-state index >= 15 is 0 Å². The predicted octanol–water partition coefficient (Wildman–Crippen LogP) is 5.18. The van der Waals surface area contributed by atoms with Crippen LogP contribution in [0.3, 0.4) is 0 Å². The van der Waals surface area contributed by atoms with Gasteiger partial charge in [-0.15, -0.1) is 0 Å². The van der Waals surface area contributed by atoms with E-state index in [-0.39, 0.29) is 11.6 Å². The summed E-state index contributed by atoms with van der Waals surface area (Å²) in [5.41, 5.74) is 2.35. The van der Waals surface area contributed by atoms with Crippen molar-refractivity contribution in [2.45, 2.75) is 31.3 Å². The molecule has 0 saturated heterocycles. The molecule has 6 heteroatoms. The van der Waals surface area contributed by atoms with Gasteiger partial charge in [-0.05, 0) is 49.9 Å². The molecule has 1 spiro atoms. The van der Waals surface area contributed by atoms with Crippen molar-refractivity contribution in [3.8, 4) is 0 Å². The van der Waals surface area contributed by atoms with Crippen LogP contribution in [0, 0.1) is 0 Å². The van der Waals surface area contributed by atoms with E-state index in [1.165, 1.54) is 11.8 Å². The normalized spacial score (nSPS) is 17.7. The molecule has 1 heterocycles. The molecule has 0 atom stereocenters. The highest BCUT2D eigenvalue weighted by molar-refractivity contribution is 8.16. The highest BCUT2D eigenvalue weighted by Gasteiger charge is 2.39. The van der Waals surface area contributed by atoms with Gasteiger partial charge in [0.1, 0.15) is 5.04 Å². The number of aliphatic imine (C=N–C) groups is 2. The van der Waals surface area contributed by atoms with Crippen molar-refractivity contribution in [2.24, 2.45) is 9.98 Å². The van der Waals surface area contributed by atoms with Gasteiger partial charge in [-0.3, -0.25) is 9.79 Å². The molecule has 2 aromatic rings. The quantitative estimate of drug-likeness (QED) is 0.772. The molecule has 1 aliphatic heterocycles. The average Bonchev–Trinajstić information content (AvgIpc) is 3.28. The Kier molecular flexibility index (Phi) is 5.32. The number of carbonyl (C=O) groups is 1. The average molecular weight is 398 g/mol. The molecule has 27 heavy (non-hydrogen) atoms. The van der Waals surface area contributed by atoms with Crippen LogP contribution in [-0.2, 0) is 4.79 Å². The van der Waals surface area contributed by atoms with Crippen LogP contribution in [-0.4, -0.2) is 28.1 Å². The van der Waals surface area contributed by atoms with E-state index in [2.05, 4.69) is 5.32 Å². The SMILES string of the molecule is O=C(CSC1=NC2(CCCC2)N=C1c1ccc(Cl)cc1)Nc1ccccc1. The Labute approximate surface area is 168 Å². The summed E-state index contributed by atoms with van der Waals surface area (Å²) in [5, 5.41) is 4.46. The van der Waals surface area contributed by atoms with Gasteiger partial charge in [0.25, 0.3) is 0 Å². The fourth-order valence-electron chi connectivity index (χ4n) is 3.44. The van der Waals surface area contributed by atoms with Crippen molar-refractivity contribution in [3.63, 3.8) is 0 Å². The smallest absolute Gasteiger partial charge is 0.234 e. The molecule has 1 amide bonds. The van der Waals surface area contributed by atoms with Crippen molar-refractivity contribution < 1.29 is 4.79 Å². The second-order valence-electron chi connectivity index (χ2n) is 6.78. The van der Waals surface area contributed by atoms with Crippen molar-refractivity contribution in [1.82, 2.24) is 0 Å². The largest absolute Gasteiger partial charge is 0.325 e. The maximum absolute atomic E-state index is 12.3. The van der Waals surface area contributed by atoms with Gasteiger partial charge in [0.2, 0.25) is 5.91 Å². The number of nitrogens with one attached hydrogen (secondary N) is 1. The van der Waals surface area contributed by atoms with Gasteiger partial charge in [-0.2, -0.15) is 0 Å². The van der Waals surface area contributed by atoms with Crippen molar-refractivity contribution in [3.05, 3.63) is 65.2 Å². The Hall–Kier alpha value is -2.11. The molecule has 1 aliphatic carbocycles. The molecule has 0 aromatic heterocycles. The van der Waals surface area contributed by atoms with Gasteiger partial charge in [0.05, 0.1) is 11.5 Å². The fourth-order valence-corrected chi connectivity index (χ4v) is 4.44. The molecule has 2 aliphatic rings. The monoisotopic (exact) mass is 397 g/mol. The third-order valence-corrected chi connectivity index (χ3v) is 5.97. The zero-order chi connectivity index (χ0) is 18.7. The first-order valence-electron chi connectivity index (χ1n) is 9.07. The van der Waals surface area contributed by atoms with E-state index in [0.717, 1.165) is 47.7 Å². The number of benzene rings is 2. The number of carbonyl (C=O) groups excluding carboxylic acids is 1. The summed E-state index contributed by atoms with van der Waals surface area (Å²) in [4.78, 5) is 22.2. The molecule has 1 fully saturated rings. The Morgan fingerprint density at radius 1 is 1.04 bits per heavy atom. The van der Waals surface area contributed by atoms with Crippen LogP contribution in [0.2, 0.25) is 5.02 Å². The molecule has 2 aromatic carbocycles. The molecule has 1 saturated carbocycles. The number of amides is 1. The number of anilines is 1. The Morgan fingerprint density at radius 3 is 2.44 bits per heavy atom. The first-order chi connectivity index (χ1) is 13.1. The van der Waals surface area contributed by atoms with E-state index in [4.69, 9.17) is 21.6 Å². The number of hydrogen-bond donors (Lipinski definition) is 1. The molecular formula is C21H20ClN3OS. The predicted molar refractivity (Wildman–Crippen MR) is 114 cm³/mol. The lowest BCUT2D eigenvalue weighted by Gasteiger charge is -2.14. The van der Waals surface area contributed by atoms with E-state index < -0.39 is 0 Å². The summed E-state index contributed by atoms with van der Waals surface area (Å²) in [6.07, 6.45) is 4.25. The van der Waals surface area contributed by atoms with Crippen molar-refractivity contribution in [1.29, 1.82) is 0 Å². The summed E-state index contributed by atoms with van der Waals surface area (Å²) >= 11 is 7.48. The van der Waals surface area contributed by atoms with Crippen molar-refractivity contribution in [2.75, 3.05) is 11.1 Å². The number of hydrogen-bond acceptors (Lipinski definition) is 4. The van der Waals surface area contributed by atoms with Crippen LogP contribution in [0.5, 0.6) is 0 Å². The number of para-hydroxylation sites is 1. The summed E-state index contributed by atoms with van der Waals surface area (Å²) in [6.45, 7) is 0. The molecule has 0 bridgehead atoms. The highest BCUT2D eigenvalue weighted by atomic mass is 35.5. The lowest BCUT2D eigenvalue weighted by Crippen LogP contribution is -2.17. The molecule has 4 nitrogen and oxygen atoms in total. The Morgan fingerprint density at radius 2 is 1.74 bits per heavy atom. The van der Waals surface area contributed by atoms with Crippen LogP contribution in [0.25, 0.3) is 0 Å². The highest BCUT2D eigenvalue weighted by Crippen LogP contribution is 2.40. The van der Waals surface area contributed by atoms with Crippen LogP contribution >= 0.6 is 23.4 Å². The van der Waals surface area contributed by atoms with Gasteiger partial charge in [-0.1, -0.05) is 53.7 Å². The lowest BCUT2D eigenvalue weighted by molar-refractivity contribution is -0.113. The second-order valence-corrected chi connectivity index (χ2v) is 8.18. The van der Waals surface area contributed by atoms with Crippen LogP contribution < -0.4 is 5.32 Å². The first-order valence-corrected chi connectivity index (χ1v) is 10.4. The fraction of sp³-hybridized carbons (Fsp3) is 0.286. The Balaban J connectivity index is 1.50. The minimum Gasteiger partial charge on any atom is -0.325 e. The van der Waals surface area contributed by atoms with E-state index in [1.54, 1.807) is 0 Å². The minimum absolute atomic E-state index is 0.0447. The van der Waals surface area contributed by atoms with Gasteiger partial charge < -0.3 is 5.32 Å². The number of thioether (sulfide) groups is 1. The topological polar surface area (TPSA) is 53.8 Å². The lowest BCUT2D eigenvalue weighted by atomic mass is 10.1. The molecule has 4 rings (SSSR count). The Bertz CT molecular complexity index is 887. The van der Waals surface area contributed by atoms with Crippen LogP contribution in [0.15, 0.2) is 64.6 Å². The van der Waals surface area contributed by atoms with Gasteiger partial charge in [0, 0.05) is 16.3 Å². The first kappa shape index (κ1) is 18.3. The summed E-state index contributed by atoms with van der Waals surface area (Å²) in [7, 11) is 0. The maximum Gasteiger partial charge on any atom is 0.234 e. The standard InChI is InChI=1S/C21H20ClN3OS/c22-16-10-8-15(9-11-16)19-20(25-21(24-19)12-4-5-13-21)27-14-18(26)23-17-6-2-1-3-7-17/h1-3,6-11H,4-5,12-14H2,(H,23,26). The van der Waals surface area contributed by atoms with Gasteiger partial charge in [-0.25, -0.2) is 4.99 Å². The van der Waals surface area contributed by atoms with Gasteiger partial charge >= 0.3 is 0 Å². The molecule has 0 unspecified atom stereocenters. The zero-order valence-corrected chi connectivity index (χ0v) is 16.4. The third-order valence-electron chi connectivity index (χ3n) is 4.75. The minimum atomic E-state index is -0.326. The maximum atomic E-state index is 12.3. The summed E-state index contributed by atoms with van der Waals surface area (Å²) in [6, 6.07) is 17.1. The molecular weight excluding hydrogens is 378 g/mol. The summed E-state index contributed by atoms with van der Waals surface area (Å²) in [5.74, 6) is 0.257. The van der Waals surface area contributed by atoms with Gasteiger partial charge in [0.15, 0.2) is 5.66 Å². The number of rotatable bonds is 4. The number of nitrogens with zero attached hydrogens (tertiary/aromatic N) is 2. The molecule has 1 N–H and O–H groups in total. The van der Waals surface area contributed by atoms with Crippen molar-refractivity contribution >= 4 is 45.7 Å². The van der Waals surface area contributed by atoms with E-state index in [9.17, 15) is 4.79 Å². The zero-order valence-electron chi connectivity index (χ0n) is 14.8. The molecule has 0 radical (unpaired) electrons. The molecule has 138 valence electrons.